The predicted octanol–water partition coefficient (Wildman–Crippen LogP) is 1.10. The molecule has 2 rings (SSSR count). The van der Waals surface area contributed by atoms with E-state index in [-0.39, 0.29) is 5.91 Å². The maximum absolute atomic E-state index is 12.2. The van der Waals surface area contributed by atoms with E-state index in [2.05, 4.69) is 16.8 Å². The number of hydrogen-bond donors (Lipinski definition) is 1. The molecule has 1 aliphatic rings. The van der Waals surface area contributed by atoms with Gasteiger partial charge in [0.25, 0.3) is 0 Å². The first-order valence-electron chi connectivity index (χ1n) is 7.83. The number of hydrogen-bond acceptors (Lipinski definition) is 4. The van der Waals surface area contributed by atoms with Crippen LogP contribution in [0.2, 0.25) is 0 Å². The van der Waals surface area contributed by atoms with Gasteiger partial charge >= 0.3 is 0 Å². The Hall–Kier alpha value is -1.46. The van der Waals surface area contributed by atoms with Crippen LogP contribution in [0.5, 0.6) is 0 Å². The SMILES string of the molecule is CCC(CN)CC(=O)N1CCN(Cc2ccccn2)CC1. The van der Waals surface area contributed by atoms with Crippen LogP contribution >= 0.6 is 0 Å². The highest BCUT2D eigenvalue weighted by Gasteiger charge is 2.22. The van der Waals surface area contributed by atoms with Gasteiger partial charge in [-0.1, -0.05) is 19.4 Å². The third kappa shape index (κ3) is 4.79. The molecule has 0 bridgehead atoms. The molecule has 5 heteroatoms. The van der Waals surface area contributed by atoms with Crippen LogP contribution in [-0.4, -0.2) is 53.4 Å². The lowest BCUT2D eigenvalue weighted by atomic mass is 10.0. The molecular weight excluding hydrogens is 264 g/mol. The van der Waals surface area contributed by atoms with Gasteiger partial charge in [-0.2, -0.15) is 0 Å². The molecule has 0 aliphatic carbocycles. The molecule has 0 radical (unpaired) electrons. The summed E-state index contributed by atoms with van der Waals surface area (Å²) in [5.74, 6) is 0.578. The third-order valence-corrected chi connectivity index (χ3v) is 4.21. The highest BCUT2D eigenvalue weighted by atomic mass is 16.2. The predicted molar refractivity (Wildman–Crippen MR) is 83.5 cm³/mol. The second kappa shape index (κ2) is 8.10. The van der Waals surface area contributed by atoms with Gasteiger partial charge in [-0.25, -0.2) is 0 Å². The van der Waals surface area contributed by atoms with Crippen molar-refractivity contribution in [3.05, 3.63) is 30.1 Å². The Morgan fingerprint density at radius 1 is 1.33 bits per heavy atom. The summed E-state index contributed by atoms with van der Waals surface area (Å²) in [4.78, 5) is 20.9. The Morgan fingerprint density at radius 2 is 2.10 bits per heavy atom. The highest BCUT2D eigenvalue weighted by Crippen LogP contribution is 2.12. The molecule has 1 fully saturated rings. The van der Waals surface area contributed by atoms with E-state index in [0.717, 1.165) is 44.8 Å². The number of nitrogens with zero attached hydrogens (tertiary/aromatic N) is 3. The van der Waals surface area contributed by atoms with Gasteiger partial charge in [0.1, 0.15) is 0 Å². The number of amides is 1. The average Bonchev–Trinajstić information content (AvgIpc) is 2.54. The van der Waals surface area contributed by atoms with Crippen molar-refractivity contribution < 1.29 is 4.79 Å². The molecule has 5 nitrogen and oxygen atoms in total. The van der Waals surface area contributed by atoms with Crippen LogP contribution in [0.1, 0.15) is 25.5 Å². The summed E-state index contributed by atoms with van der Waals surface area (Å²) in [5.41, 5.74) is 6.77. The lowest BCUT2D eigenvalue weighted by Crippen LogP contribution is -2.48. The van der Waals surface area contributed by atoms with Crippen molar-refractivity contribution >= 4 is 5.91 Å². The maximum Gasteiger partial charge on any atom is 0.222 e. The fourth-order valence-electron chi connectivity index (χ4n) is 2.65. The fraction of sp³-hybridized carbons (Fsp3) is 0.625. The molecule has 2 N–H and O–H groups in total. The van der Waals surface area contributed by atoms with E-state index in [0.29, 0.717) is 18.9 Å². The normalized spacial score (nSPS) is 17.7. The minimum absolute atomic E-state index is 0.254. The summed E-state index contributed by atoms with van der Waals surface area (Å²) in [6.45, 7) is 7.02. The first-order valence-corrected chi connectivity index (χ1v) is 7.83. The van der Waals surface area contributed by atoms with Crippen molar-refractivity contribution in [2.45, 2.75) is 26.3 Å². The van der Waals surface area contributed by atoms with Crippen LogP contribution in [-0.2, 0) is 11.3 Å². The zero-order chi connectivity index (χ0) is 15.1. The van der Waals surface area contributed by atoms with E-state index in [1.165, 1.54) is 0 Å². The largest absolute Gasteiger partial charge is 0.340 e. The Morgan fingerprint density at radius 3 is 2.67 bits per heavy atom. The standard InChI is InChI=1S/C16H26N4O/c1-2-14(12-17)11-16(21)20-9-7-19(8-10-20)13-15-5-3-4-6-18-15/h3-6,14H,2,7-13,17H2,1H3. The first-order chi connectivity index (χ1) is 10.2. The van der Waals surface area contributed by atoms with Crippen LogP contribution in [0, 0.1) is 5.92 Å². The Bertz CT molecular complexity index is 425. The number of nitrogens with two attached hydrogens (primary N) is 1. The van der Waals surface area contributed by atoms with Gasteiger partial charge in [0, 0.05) is 45.3 Å². The number of rotatable bonds is 6. The van der Waals surface area contributed by atoms with Crippen molar-refractivity contribution in [3.8, 4) is 0 Å². The monoisotopic (exact) mass is 290 g/mol. The second-order valence-corrected chi connectivity index (χ2v) is 5.69. The van der Waals surface area contributed by atoms with Crippen LogP contribution in [0.4, 0.5) is 0 Å². The molecule has 116 valence electrons. The zero-order valence-corrected chi connectivity index (χ0v) is 12.9. The zero-order valence-electron chi connectivity index (χ0n) is 12.9. The Kier molecular flexibility index (Phi) is 6.14. The Balaban J connectivity index is 1.76. The van der Waals surface area contributed by atoms with Crippen LogP contribution in [0.15, 0.2) is 24.4 Å². The molecule has 1 atom stereocenters. The molecule has 1 aliphatic heterocycles. The van der Waals surface area contributed by atoms with Gasteiger partial charge in [-0.05, 0) is 24.6 Å². The van der Waals surface area contributed by atoms with Crippen LogP contribution < -0.4 is 5.73 Å². The molecular formula is C16H26N4O. The van der Waals surface area contributed by atoms with E-state index < -0.39 is 0 Å². The number of pyridine rings is 1. The van der Waals surface area contributed by atoms with Crippen LogP contribution in [0.3, 0.4) is 0 Å². The second-order valence-electron chi connectivity index (χ2n) is 5.69. The van der Waals surface area contributed by atoms with E-state index in [9.17, 15) is 4.79 Å². The molecule has 1 amide bonds. The number of carbonyl (C=O) groups excluding carboxylic acids is 1. The summed E-state index contributed by atoms with van der Waals surface area (Å²) in [6.07, 6.45) is 3.39. The van der Waals surface area contributed by atoms with Crippen molar-refractivity contribution in [3.63, 3.8) is 0 Å². The minimum atomic E-state index is 0.254. The molecule has 1 unspecified atom stereocenters. The average molecular weight is 290 g/mol. The number of aromatic nitrogens is 1. The first kappa shape index (κ1) is 15.9. The fourth-order valence-corrected chi connectivity index (χ4v) is 2.65. The van der Waals surface area contributed by atoms with Crippen molar-refractivity contribution in [1.82, 2.24) is 14.8 Å². The third-order valence-electron chi connectivity index (χ3n) is 4.21. The lowest BCUT2D eigenvalue weighted by molar-refractivity contribution is -0.134. The van der Waals surface area contributed by atoms with Gasteiger partial charge in [-0.3, -0.25) is 14.7 Å². The van der Waals surface area contributed by atoms with Crippen molar-refractivity contribution in [1.29, 1.82) is 0 Å². The summed E-state index contributed by atoms with van der Waals surface area (Å²) >= 11 is 0. The quantitative estimate of drug-likeness (QED) is 0.852. The lowest BCUT2D eigenvalue weighted by Gasteiger charge is -2.35. The highest BCUT2D eigenvalue weighted by molar-refractivity contribution is 5.76. The van der Waals surface area contributed by atoms with Gasteiger partial charge in [0.15, 0.2) is 0 Å². The molecule has 0 spiro atoms. The molecule has 0 saturated carbocycles. The van der Waals surface area contributed by atoms with E-state index in [1.54, 1.807) is 0 Å². The Labute approximate surface area is 127 Å². The van der Waals surface area contributed by atoms with Gasteiger partial charge in [-0.15, -0.1) is 0 Å². The number of piperazine rings is 1. The molecule has 0 aromatic carbocycles. The smallest absolute Gasteiger partial charge is 0.222 e. The molecule has 21 heavy (non-hydrogen) atoms. The summed E-state index contributed by atoms with van der Waals surface area (Å²) in [5, 5.41) is 0. The van der Waals surface area contributed by atoms with E-state index in [1.807, 2.05) is 29.3 Å². The van der Waals surface area contributed by atoms with Gasteiger partial charge < -0.3 is 10.6 Å². The summed E-state index contributed by atoms with van der Waals surface area (Å²) < 4.78 is 0. The van der Waals surface area contributed by atoms with E-state index in [4.69, 9.17) is 5.73 Å². The van der Waals surface area contributed by atoms with Crippen LogP contribution in [0.25, 0.3) is 0 Å². The molecule has 1 aromatic rings. The minimum Gasteiger partial charge on any atom is -0.340 e. The topological polar surface area (TPSA) is 62.5 Å². The number of carbonyl (C=O) groups is 1. The summed E-state index contributed by atoms with van der Waals surface area (Å²) in [7, 11) is 0. The van der Waals surface area contributed by atoms with Gasteiger partial charge in [0.2, 0.25) is 5.91 Å². The summed E-state index contributed by atoms with van der Waals surface area (Å²) in [6, 6.07) is 5.99. The maximum atomic E-state index is 12.2. The molecule has 1 saturated heterocycles. The van der Waals surface area contributed by atoms with Crippen molar-refractivity contribution in [2.75, 3.05) is 32.7 Å². The van der Waals surface area contributed by atoms with E-state index >= 15 is 0 Å². The van der Waals surface area contributed by atoms with Crippen molar-refractivity contribution in [2.24, 2.45) is 11.7 Å². The molecule has 2 heterocycles. The molecule has 1 aromatic heterocycles. The van der Waals surface area contributed by atoms with Gasteiger partial charge in [0.05, 0.1) is 5.69 Å².